The molecule has 0 radical (unpaired) electrons. The SMILES string of the molecule is COc1ccc(C(=O)Oc2ccc(N=Nc3ccncc3)cc2)cc1. The number of carbonyl (C=O) groups excluding carboxylic acids is 1. The van der Waals surface area contributed by atoms with Crippen LogP contribution in [0.25, 0.3) is 0 Å². The molecule has 0 saturated heterocycles. The van der Waals surface area contributed by atoms with Gasteiger partial charge in [0.15, 0.2) is 0 Å². The highest BCUT2D eigenvalue weighted by Gasteiger charge is 2.08. The van der Waals surface area contributed by atoms with Crippen LogP contribution in [0.2, 0.25) is 0 Å². The quantitative estimate of drug-likeness (QED) is 0.384. The normalized spacial score (nSPS) is 10.6. The zero-order valence-corrected chi connectivity index (χ0v) is 13.5. The molecule has 1 aromatic heterocycles. The third kappa shape index (κ3) is 4.48. The summed E-state index contributed by atoms with van der Waals surface area (Å²) in [7, 11) is 1.57. The van der Waals surface area contributed by atoms with Gasteiger partial charge in [0.05, 0.1) is 24.0 Å². The molecule has 0 spiro atoms. The summed E-state index contributed by atoms with van der Waals surface area (Å²) in [6.45, 7) is 0. The predicted molar refractivity (Wildman–Crippen MR) is 92.8 cm³/mol. The Kier molecular flexibility index (Phi) is 5.11. The lowest BCUT2D eigenvalue weighted by Crippen LogP contribution is -2.08. The monoisotopic (exact) mass is 333 g/mol. The van der Waals surface area contributed by atoms with E-state index in [1.807, 2.05) is 0 Å². The smallest absolute Gasteiger partial charge is 0.343 e. The molecule has 0 fully saturated rings. The van der Waals surface area contributed by atoms with E-state index in [9.17, 15) is 4.79 Å². The van der Waals surface area contributed by atoms with Crippen molar-refractivity contribution in [2.24, 2.45) is 10.2 Å². The van der Waals surface area contributed by atoms with Crippen molar-refractivity contribution in [2.75, 3.05) is 7.11 Å². The number of rotatable bonds is 5. The summed E-state index contributed by atoms with van der Waals surface area (Å²) in [6.07, 6.45) is 3.30. The van der Waals surface area contributed by atoms with Crippen LogP contribution in [-0.2, 0) is 0 Å². The summed E-state index contributed by atoms with van der Waals surface area (Å²) in [5.41, 5.74) is 1.81. The van der Waals surface area contributed by atoms with Gasteiger partial charge < -0.3 is 9.47 Å². The number of azo groups is 1. The molecule has 0 aliphatic rings. The van der Waals surface area contributed by atoms with Crippen molar-refractivity contribution in [1.29, 1.82) is 0 Å². The van der Waals surface area contributed by atoms with Crippen molar-refractivity contribution in [2.45, 2.75) is 0 Å². The van der Waals surface area contributed by atoms with Crippen molar-refractivity contribution < 1.29 is 14.3 Å². The molecule has 3 rings (SSSR count). The predicted octanol–water partition coefficient (Wildman–Crippen LogP) is 4.72. The first-order valence-electron chi connectivity index (χ1n) is 7.53. The maximum Gasteiger partial charge on any atom is 0.343 e. The van der Waals surface area contributed by atoms with Crippen LogP contribution in [0.4, 0.5) is 11.4 Å². The van der Waals surface area contributed by atoms with Gasteiger partial charge in [-0.2, -0.15) is 10.2 Å². The molecule has 25 heavy (non-hydrogen) atoms. The molecule has 0 bridgehead atoms. The summed E-state index contributed by atoms with van der Waals surface area (Å²) in [4.78, 5) is 16.0. The summed E-state index contributed by atoms with van der Waals surface area (Å²) in [5, 5.41) is 8.21. The van der Waals surface area contributed by atoms with E-state index >= 15 is 0 Å². The largest absolute Gasteiger partial charge is 0.497 e. The van der Waals surface area contributed by atoms with Crippen LogP contribution in [0.3, 0.4) is 0 Å². The van der Waals surface area contributed by atoms with Crippen LogP contribution in [-0.4, -0.2) is 18.1 Å². The van der Waals surface area contributed by atoms with E-state index in [2.05, 4.69) is 15.2 Å². The fourth-order valence-corrected chi connectivity index (χ4v) is 2.00. The summed E-state index contributed by atoms with van der Waals surface area (Å²) >= 11 is 0. The molecular weight excluding hydrogens is 318 g/mol. The Balaban J connectivity index is 1.63. The van der Waals surface area contributed by atoms with E-state index in [1.54, 1.807) is 80.2 Å². The number of hydrogen-bond donors (Lipinski definition) is 0. The minimum Gasteiger partial charge on any atom is -0.497 e. The molecule has 6 heteroatoms. The van der Waals surface area contributed by atoms with Crippen LogP contribution in [0.1, 0.15) is 10.4 Å². The lowest BCUT2D eigenvalue weighted by atomic mass is 10.2. The molecule has 124 valence electrons. The Morgan fingerprint density at radius 2 is 1.36 bits per heavy atom. The van der Waals surface area contributed by atoms with E-state index in [0.29, 0.717) is 28.4 Å². The summed E-state index contributed by atoms with van der Waals surface area (Å²) in [5.74, 6) is 0.679. The number of aromatic nitrogens is 1. The number of methoxy groups -OCH3 is 1. The molecule has 6 nitrogen and oxygen atoms in total. The van der Waals surface area contributed by atoms with Crippen LogP contribution < -0.4 is 9.47 Å². The van der Waals surface area contributed by atoms with Crippen molar-refractivity contribution in [3.05, 3.63) is 78.6 Å². The lowest BCUT2D eigenvalue weighted by molar-refractivity contribution is 0.0734. The first-order valence-corrected chi connectivity index (χ1v) is 7.53. The fraction of sp³-hybridized carbons (Fsp3) is 0.0526. The van der Waals surface area contributed by atoms with Gasteiger partial charge in [-0.1, -0.05) is 0 Å². The Morgan fingerprint density at radius 3 is 1.96 bits per heavy atom. The topological polar surface area (TPSA) is 73.1 Å². The maximum absolute atomic E-state index is 12.1. The molecule has 0 N–H and O–H groups in total. The zero-order chi connectivity index (χ0) is 17.5. The van der Waals surface area contributed by atoms with Crippen LogP contribution in [0.15, 0.2) is 83.3 Å². The molecular formula is C19H15N3O3. The van der Waals surface area contributed by atoms with Crippen molar-refractivity contribution in [1.82, 2.24) is 4.98 Å². The van der Waals surface area contributed by atoms with E-state index in [0.717, 1.165) is 0 Å². The molecule has 0 aliphatic heterocycles. The average Bonchev–Trinajstić information content (AvgIpc) is 2.68. The van der Waals surface area contributed by atoms with Crippen molar-refractivity contribution in [3.8, 4) is 11.5 Å². The Morgan fingerprint density at radius 1 is 0.800 bits per heavy atom. The zero-order valence-electron chi connectivity index (χ0n) is 13.5. The first-order chi connectivity index (χ1) is 12.2. The highest BCUT2D eigenvalue weighted by molar-refractivity contribution is 5.91. The highest BCUT2D eigenvalue weighted by atomic mass is 16.5. The van der Waals surface area contributed by atoms with Gasteiger partial charge in [0.2, 0.25) is 0 Å². The molecule has 0 aliphatic carbocycles. The number of esters is 1. The number of hydrogen-bond acceptors (Lipinski definition) is 6. The van der Waals surface area contributed by atoms with Gasteiger partial charge >= 0.3 is 5.97 Å². The average molecular weight is 333 g/mol. The number of benzene rings is 2. The third-order valence-electron chi connectivity index (χ3n) is 3.32. The Bertz CT molecular complexity index is 861. The van der Waals surface area contributed by atoms with Crippen molar-refractivity contribution in [3.63, 3.8) is 0 Å². The second kappa shape index (κ2) is 7.83. The first kappa shape index (κ1) is 16.3. The number of pyridine rings is 1. The van der Waals surface area contributed by atoms with Gasteiger partial charge in [0.25, 0.3) is 0 Å². The van der Waals surface area contributed by atoms with Gasteiger partial charge in [-0.05, 0) is 60.7 Å². The van der Waals surface area contributed by atoms with E-state index in [-0.39, 0.29) is 0 Å². The summed E-state index contributed by atoms with van der Waals surface area (Å²) < 4.78 is 10.4. The second-order valence-corrected chi connectivity index (χ2v) is 5.02. The lowest BCUT2D eigenvalue weighted by Gasteiger charge is -2.05. The third-order valence-corrected chi connectivity index (χ3v) is 3.32. The maximum atomic E-state index is 12.1. The van der Waals surface area contributed by atoms with Gasteiger partial charge in [0.1, 0.15) is 11.5 Å². The fourth-order valence-electron chi connectivity index (χ4n) is 2.00. The van der Waals surface area contributed by atoms with Crippen LogP contribution >= 0.6 is 0 Å². The number of carbonyl (C=O) groups is 1. The molecule has 1 heterocycles. The van der Waals surface area contributed by atoms with Gasteiger partial charge in [0, 0.05) is 12.4 Å². The molecule has 0 saturated carbocycles. The van der Waals surface area contributed by atoms with Gasteiger partial charge in [-0.3, -0.25) is 4.98 Å². The molecule has 2 aromatic carbocycles. The van der Waals surface area contributed by atoms with E-state index < -0.39 is 5.97 Å². The molecule has 3 aromatic rings. The van der Waals surface area contributed by atoms with Crippen LogP contribution in [0.5, 0.6) is 11.5 Å². The van der Waals surface area contributed by atoms with E-state index in [4.69, 9.17) is 9.47 Å². The standard InChI is InChI=1S/C19H15N3O3/c1-24-17-6-2-14(3-7-17)19(23)25-18-8-4-15(5-9-18)21-22-16-10-12-20-13-11-16/h2-13H,1H3. The van der Waals surface area contributed by atoms with Crippen molar-refractivity contribution >= 4 is 17.3 Å². The van der Waals surface area contributed by atoms with Gasteiger partial charge in [-0.25, -0.2) is 4.79 Å². The number of nitrogens with zero attached hydrogens (tertiary/aromatic N) is 3. The van der Waals surface area contributed by atoms with E-state index in [1.165, 1.54) is 0 Å². The number of ether oxygens (including phenoxy) is 2. The highest BCUT2D eigenvalue weighted by Crippen LogP contribution is 2.22. The summed E-state index contributed by atoms with van der Waals surface area (Å²) in [6, 6.07) is 17.0. The molecule has 0 atom stereocenters. The molecule has 0 unspecified atom stereocenters. The minimum absolute atomic E-state index is 0.434. The molecule has 0 amide bonds. The second-order valence-electron chi connectivity index (χ2n) is 5.02. The Labute approximate surface area is 144 Å². The minimum atomic E-state index is -0.436. The van der Waals surface area contributed by atoms with Gasteiger partial charge in [-0.15, -0.1) is 0 Å². The Hall–Kier alpha value is -3.54. The van der Waals surface area contributed by atoms with Crippen LogP contribution in [0, 0.1) is 0 Å².